The van der Waals surface area contributed by atoms with Gasteiger partial charge in [0.15, 0.2) is 5.84 Å². The van der Waals surface area contributed by atoms with Gasteiger partial charge in [-0.1, -0.05) is 39.3 Å². The number of carbonyl (C=O) groups is 1. The number of oxime groups is 1. The molecule has 104 valence electrons. The number of para-hydroxylation sites is 1. The molecule has 0 saturated carbocycles. The molecular formula is C13H12BrN3O3. The van der Waals surface area contributed by atoms with Gasteiger partial charge in [0.2, 0.25) is 0 Å². The van der Waals surface area contributed by atoms with E-state index in [0.29, 0.717) is 5.75 Å². The van der Waals surface area contributed by atoms with Crippen LogP contribution in [0.1, 0.15) is 0 Å². The summed E-state index contributed by atoms with van der Waals surface area (Å²) in [7, 11) is 0. The molecule has 0 unspecified atom stereocenters. The zero-order valence-corrected chi connectivity index (χ0v) is 12.0. The highest BCUT2D eigenvalue weighted by atomic mass is 79.9. The van der Waals surface area contributed by atoms with Crippen molar-refractivity contribution in [2.75, 3.05) is 11.9 Å². The van der Waals surface area contributed by atoms with Gasteiger partial charge < -0.3 is 15.3 Å². The number of pyridine rings is 1. The van der Waals surface area contributed by atoms with Crippen molar-refractivity contribution in [1.29, 1.82) is 0 Å². The van der Waals surface area contributed by atoms with Crippen molar-refractivity contribution < 1.29 is 14.4 Å². The monoisotopic (exact) mass is 337 g/mol. The minimum absolute atomic E-state index is 0.00521. The predicted octanol–water partition coefficient (Wildman–Crippen LogP) is 1.82. The van der Waals surface area contributed by atoms with Crippen molar-refractivity contribution in [2.24, 2.45) is 10.9 Å². The number of carbonyl (C=O) groups excluding carboxylic acids is 1. The van der Waals surface area contributed by atoms with Crippen LogP contribution in [0.15, 0.2) is 41.7 Å². The first kappa shape index (κ1) is 14.3. The van der Waals surface area contributed by atoms with E-state index in [-0.39, 0.29) is 17.8 Å². The second-order valence-electron chi connectivity index (χ2n) is 3.80. The van der Waals surface area contributed by atoms with Crippen LogP contribution in [0, 0.1) is 0 Å². The average Bonchev–Trinajstić information content (AvgIpc) is 2.50. The summed E-state index contributed by atoms with van der Waals surface area (Å²) >= 11 is 2.94. The van der Waals surface area contributed by atoms with Gasteiger partial charge in [-0.05, 0) is 12.1 Å². The lowest BCUT2D eigenvalue weighted by atomic mass is 10.2. The number of hydrogen-bond acceptors (Lipinski definition) is 5. The maximum absolute atomic E-state index is 10.9. The number of fused-ring (bicyclic) bond motifs is 1. The summed E-state index contributed by atoms with van der Waals surface area (Å²) in [5.74, 6) is 0.125. The van der Waals surface area contributed by atoms with E-state index in [1.165, 1.54) is 0 Å². The Kier molecular flexibility index (Phi) is 4.89. The van der Waals surface area contributed by atoms with E-state index in [1.54, 1.807) is 12.3 Å². The highest BCUT2D eigenvalue weighted by Gasteiger charge is 2.04. The first-order valence-corrected chi connectivity index (χ1v) is 6.87. The number of halogens is 1. The Labute approximate surface area is 123 Å². The van der Waals surface area contributed by atoms with Crippen molar-refractivity contribution in [2.45, 2.75) is 0 Å². The summed E-state index contributed by atoms with van der Waals surface area (Å²) in [4.78, 5) is 19.6. The molecule has 0 saturated heterocycles. The number of rotatable bonds is 5. The predicted molar refractivity (Wildman–Crippen MR) is 78.7 cm³/mol. The average molecular weight is 338 g/mol. The highest BCUT2D eigenvalue weighted by molar-refractivity contribution is 9.09. The number of benzene rings is 1. The van der Waals surface area contributed by atoms with E-state index in [9.17, 15) is 4.79 Å². The topological polar surface area (TPSA) is 86.8 Å². The molecule has 0 aliphatic carbocycles. The van der Waals surface area contributed by atoms with Crippen molar-refractivity contribution in [3.63, 3.8) is 0 Å². The number of nitrogens with zero attached hydrogens (tertiary/aromatic N) is 2. The molecule has 2 N–H and O–H groups in total. The third kappa shape index (κ3) is 3.67. The number of alkyl halides is 1. The molecule has 0 aliphatic rings. The third-order valence-electron chi connectivity index (χ3n) is 2.35. The normalized spacial score (nSPS) is 11.3. The second kappa shape index (κ2) is 6.85. The zero-order valence-electron chi connectivity index (χ0n) is 10.5. The summed E-state index contributed by atoms with van der Waals surface area (Å²) in [6.45, 7) is 0.00521. The first-order chi connectivity index (χ1) is 9.70. The third-order valence-corrected chi connectivity index (χ3v) is 2.80. The molecule has 2 rings (SSSR count). The summed E-state index contributed by atoms with van der Waals surface area (Å²) in [5.41, 5.74) is 6.32. The van der Waals surface area contributed by atoms with Gasteiger partial charge in [-0.25, -0.2) is 4.79 Å². The van der Waals surface area contributed by atoms with Crippen molar-refractivity contribution in [3.05, 3.63) is 36.5 Å². The van der Waals surface area contributed by atoms with Crippen molar-refractivity contribution >= 4 is 38.6 Å². The summed E-state index contributed by atoms with van der Waals surface area (Å²) in [5, 5.41) is 4.48. The lowest BCUT2D eigenvalue weighted by Gasteiger charge is -2.07. The van der Waals surface area contributed by atoms with Gasteiger partial charge in [-0.15, -0.1) is 0 Å². The Morgan fingerprint density at radius 2 is 2.15 bits per heavy atom. The number of nitrogens with two attached hydrogens (primary N) is 1. The van der Waals surface area contributed by atoms with Gasteiger partial charge in [0.05, 0.1) is 0 Å². The van der Waals surface area contributed by atoms with Crippen LogP contribution in [0.3, 0.4) is 0 Å². The van der Waals surface area contributed by atoms with Gasteiger partial charge in [0, 0.05) is 11.6 Å². The fourth-order valence-corrected chi connectivity index (χ4v) is 1.61. The molecule has 0 atom stereocenters. The van der Waals surface area contributed by atoms with E-state index in [0.717, 1.165) is 10.9 Å². The van der Waals surface area contributed by atoms with Gasteiger partial charge in [-0.2, -0.15) is 0 Å². The standard InChI is InChI=1S/C13H12BrN3O3/c14-7-12(18)20-17-11(15)8-19-10-5-1-3-9-4-2-6-16-13(9)10/h1-6H,7-8H2,(H2,15,17). The van der Waals surface area contributed by atoms with Crippen LogP contribution >= 0.6 is 15.9 Å². The quantitative estimate of drug-likeness (QED) is 0.295. The van der Waals surface area contributed by atoms with E-state index >= 15 is 0 Å². The molecule has 0 spiro atoms. The van der Waals surface area contributed by atoms with Crippen LogP contribution in [0.4, 0.5) is 0 Å². The SMILES string of the molecule is N/C(COc1cccc2cccnc12)=N\OC(=O)CBr. The molecule has 2 aromatic rings. The van der Waals surface area contributed by atoms with Gasteiger partial charge >= 0.3 is 5.97 Å². The van der Waals surface area contributed by atoms with E-state index in [2.05, 4.69) is 30.9 Å². The molecule has 0 aliphatic heterocycles. The van der Waals surface area contributed by atoms with E-state index in [1.807, 2.05) is 24.3 Å². The molecule has 6 nitrogen and oxygen atoms in total. The first-order valence-electron chi connectivity index (χ1n) is 5.75. The number of amidine groups is 1. The van der Waals surface area contributed by atoms with Crippen LogP contribution in [0.25, 0.3) is 10.9 Å². The van der Waals surface area contributed by atoms with Crippen molar-refractivity contribution in [3.8, 4) is 5.75 Å². The highest BCUT2D eigenvalue weighted by Crippen LogP contribution is 2.22. The van der Waals surface area contributed by atoms with Crippen LogP contribution in [-0.4, -0.2) is 28.7 Å². The maximum Gasteiger partial charge on any atom is 0.345 e. The Bertz CT molecular complexity index is 640. The molecule has 0 fully saturated rings. The fraction of sp³-hybridized carbons (Fsp3) is 0.154. The molecule has 1 aromatic heterocycles. The number of hydrogen-bond donors (Lipinski definition) is 1. The van der Waals surface area contributed by atoms with Crippen LogP contribution in [0.5, 0.6) is 5.75 Å². The van der Waals surface area contributed by atoms with Crippen LogP contribution < -0.4 is 10.5 Å². The number of aromatic nitrogens is 1. The second-order valence-corrected chi connectivity index (χ2v) is 4.36. The lowest BCUT2D eigenvalue weighted by molar-refractivity contribution is -0.140. The Morgan fingerprint density at radius 3 is 2.95 bits per heavy atom. The van der Waals surface area contributed by atoms with Crippen LogP contribution in [-0.2, 0) is 9.63 Å². The smallest absolute Gasteiger partial charge is 0.345 e. The molecule has 7 heteroatoms. The largest absolute Gasteiger partial charge is 0.483 e. The van der Waals surface area contributed by atoms with Crippen LogP contribution in [0.2, 0.25) is 0 Å². The molecule has 0 radical (unpaired) electrons. The minimum atomic E-state index is -0.528. The van der Waals surface area contributed by atoms with E-state index < -0.39 is 5.97 Å². The Hall–Kier alpha value is -2.15. The summed E-state index contributed by atoms with van der Waals surface area (Å²) < 4.78 is 5.53. The van der Waals surface area contributed by atoms with Gasteiger partial charge in [0.1, 0.15) is 23.2 Å². The maximum atomic E-state index is 10.9. The molecule has 1 aromatic carbocycles. The summed E-state index contributed by atoms with van der Waals surface area (Å²) in [6.07, 6.45) is 1.68. The Morgan fingerprint density at radius 1 is 1.35 bits per heavy atom. The molecule has 0 amide bonds. The molecule has 1 heterocycles. The van der Waals surface area contributed by atoms with Crippen molar-refractivity contribution in [1.82, 2.24) is 4.98 Å². The van der Waals surface area contributed by atoms with Gasteiger partial charge in [0.25, 0.3) is 0 Å². The zero-order chi connectivity index (χ0) is 14.4. The minimum Gasteiger partial charge on any atom is -0.483 e. The van der Waals surface area contributed by atoms with E-state index in [4.69, 9.17) is 10.5 Å². The molecular weight excluding hydrogens is 326 g/mol. The molecule has 0 bridgehead atoms. The lowest BCUT2D eigenvalue weighted by Crippen LogP contribution is -2.22. The number of ether oxygens (including phenoxy) is 1. The summed E-state index contributed by atoms with van der Waals surface area (Å²) in [6, 6.07) is 9.36. The fourth-order valence-electron chi connectivity index (χ4n) is 1.50. The van der Waals surface area contributed by atoms with Gasteiger partial charge in [-0.3, -0.25) is 4.98 Å². The Balaban J connectivity index is 2.04. The molecule has 20 heavy (non-hydrogen) atoms.